The molecule has 8 heteroatoms. The Morgan fingerprint density at radius 3 is 2.84 bits per heavy atom. The van der Waals surface area contributed by atoms with Crippen LogP contribution >= 0.6 is 51.2 Å². The molecule has 144 valence electrons. The number of thiophene rings is 1. The van der Waals surface area contributed by atoms with Gasteiger partial charge >= 0.3 is 0 Å². The van der Waals surface area contributed by atoms with Crippen LogP contribution in [-0.4, -0.2) is 56.9 Å². The van der Waals surface area contributed by atoms with Crippen molar-refractivity contribution < 1.29 is 9.47 Å². The summed E-state index contributed by atoms with van der Waals surface area (Å²) in [6, 6.07) is 4.24. The van der Waals surface area contributed by atoms with E-state index in [0.717, 1.165) is 68.5 Å². The van der Waals surface area contributed by atoms with E-state index in [0.29, 0.717) is 6.10 Å². The first-order chi connectivity index (χ1) is 11.7. The van der Waals surface area contributed by atoms with Gasteiger partial charge in [-0.2, -0.15) is 0 Å². The van der Waals surface area contributed by atoms with Crippen molar-refractivity contribution >= 4 is 57.2 Å². The molecule has 1 fully saturated rings. The van der Waals surface area contributed by atoms with Gasteiger partial charge in [-0.05, 0) is 54.2 Å². The van der Waals surface area contributed by atoms with Crippen LogP contribution in [0.3, 0.4) is 0 Å². The van der Waals surface area contributed by atoms with Crippen LogP contribution in [-0.2, 0) is 16.0 Å². The second-order valence-electron chi connectivity index (χ2n) is 5.83. The Morgan fingerprint density at radius 2 is 2.20 bits per heavy atom. The second-order valence-corrected chi connectivity index (χ2v) is 8.38. The van der Waals surface area contributed by atoms with E-state index in [1.54, 1.807) is 11.3 Å². The Morgan fingerprint density at radius 1 is 1.44 bits per heavy atom. The molecule has 1 aliphatic heterocycles. The highest BCUT2D eigenvalue weighted by Crippen LogP contribution is 2.23. The molecular weight excluding hydrogens is 517 g/mol. The summed E-state index contributed by atoms with van der Waals surface area (Å²) in [7, 11) is 2.08. The number of ether oxygens (including phenoxy) is 2. The van der Waals surface area contributed by atoms with E-state index >= 15 is 0 Å². The molecule has 1 aromatic rings. The van der Waals surface area contributed by atoms with Gasteiger partial charge in [-0.25, -0.2) is 0 Å². The van der Waals surface area contributed by atoms with Gasteiger partial charge < -0.3 is 19.7 Å². The van der Waals surface area contributed by atoms with Crippen LogP contribution in [0.5, 0.6) is 0 Å². The molecule has 2 heterocycles. The second kappa shape index (κ2) is 13.3. The molecule has 1 saturated heterocycles. The fourth-order valence-electron chi connectivity index (χ4n) is 2.56. The third-order valence-corrected chi connectivity index (χ3v) is 5.41. The molecule has 0 unspecified atom stereocenters. The zero-order valence-corrected chi connectivity index (χ0v) is 19.7. The van der Waals surface area contributed by atoms with Crippen LogP contribution < -0.4 is 5.32 Å². The maximum absolute atomic E-state index is 5.90. The van der Waals surface area contributed by atoms with Crippen LogP contribution in [0, 0.1) is 0 Å². The van der Waals surface area contributed by atoms with Crippen LogP contribution in [0.2, 0.25) is 0 Å². The molecule has 1 aromatic heterocycles. The van der Waals surface area contributed by atoms with E-state index in [2.05, 4.69) is 52.3 Å². The lowest BCUT2D eigenvalue weighted by molar-refractivity contribution is -0.0318. The van der Waals surface area contributed by atoms with Gasteiger partial charge in [0.05, 0.1) is 16.4 Å². The monoisotopic (exact) mass is 545 g/mol. The number of halogens is 2. The molecule has 0 spiro atoms. The summed E-state index contributed by atoms with van der Waals surface area (Å²) < 4.78 is 12.4. The van der Waals surface area contributed by atoms with Gasteiger partial charge in [-0.15, -0.1) is 35.3 Å². The van der Waals surface area contributed by atoms with Crippen molar-refractivity contribution in [3.63, 3.8) is 0 Å². The van der Waals surface area contributed by atoms with Crippen LogP contribution in [0.25, 0.3) is 0 Å². The standard InChI is InChI=1S/C17H28BrN3O2S.HI/c1-3-19-17(21(2)13-15-5-6-16(18)24-15)20-9-4-10-23-14-7-11-22-12-8-14;/h5-6,14H,3-4,7-13H2,1-2H3,(H,19,20);1H. The van der Waals surface area contributed by atoms with Gasteiger partial charge in [0.25, 0.3) is 0 Å². The summed E-state index contributed by atoms with van der Waals surface area (Å²) in [6.45, 7) is 7.04. The molecule has 1 aliphatic rings. The van der Waals surface area contributed by atoms with Gasteiger partial charge in [0.15, 0.2) is 5.96 Å². The molecule has 0 saturated carbocycles. The van der Waals surface area contributed by atoms with Crippen molar-refractivity contribution in [2.75, 3.05) is 40.0 Å². The summed E-state index contributed by atoms with van der Waals surface area (Å²) in [5, 5.41) is 3.36. The number of nitrogens with one attached hydrogen (secondary N) is 1. The lowest BCUT2D eigenvalue weighted by atomic mass is 10.1. The van der Waals surface area contributed by atoms with E-state index in [1.165, 1.54) is 4.88 Å². The molecule has 0 radical (unpaired) electrons. The van der Waals surface area contributed by atoms with E-state index in [4.69, 9.17) is 14.5 Å². The van der Waals surface area contributed by atoms with E-state index < -0.39 is 0 Å². The van der Waals surface area contributed by atoms with Crippen LogP contribution in [0.15, 0.2) is 20.9 Å². The summed E-state index contributed by atoms with van der Waals surface area (Å²) in [5.74, 6) is 0.952. The van der Waals surface area contributed by atoms with Crippen molar-refractivity contribution in [3.8, 4) is 0 Å². The van der Waals surface area contributed by atoms with E-state index in [-0.39, 0.29) is 24.0 Å². The van der Waals surface area contributed by atoms with Gasteiger partial charge in [0.2, 0.25) is 0 Å². The van der Waals surface area contributed by atoms with E-state index in [9.17, 15) is 0 Å². The molecule has 2 rings (SSSR count). The van der Waals surface area contributed by atoms with Crippen molar-refractivity contribution in [2.45, 2.75) is 38.8 Å². The van der Waals surface area contributed by atoms with Crippen molar-refractivity contribution in [1.29, 1.82) is 0 Å². The highest BCUT2D eigenvalue weighted by atomic mass is 127. The summed E-state index contributed by atoms with van der Waals surface area (Å²) >= 11 is 5.28. The first-order valence-electron chi connectivity index (χ1n) is 8.62. The van der Waals surface area contributed by atoms with Gasteiger partial charge in [-0.1, -0.05) is 0 Å². The Bertz CT molecular complexity index is 510. The molecule has 0 atom stereocenters. The zero-order valence-electron chi connectivity index (χ0n) is 15.0. The quantitative estimate of drug-likeness (QED) is 0.231. The van der Waals surface area contributed by atoms with Crippen molar-refractivity contribution in [2.24, 2.45) is 4.99 Å². The molecular formula is C17H29BrIN3O2S. The Balaban J connectivity index is 0.00000312. The molecule has 0 bridgehead atoms. The minimum Gasteiger partial charge on any atom is -0.381 e. The Hall–Kier alpha value is 0.1000. The number of hydrogen-bond acceptors (Lipinski definition) is 4. The lowest BCUT2D eigenvalue weighted by Gasteiger charge is -2.23. The summed E-state index contributed by atoms with van der Waals surface area (Å²) in [4.78, 5) is 8.20. The average molecular weight is 546 g/mol. The minimum absolute atomic E-state index is 0. The number of hydrogen-bond donors (Lipinski definition) is 1. The fraction of sp³-hybridized carbons (Fsp3) is 0.706. The van der Waals surface area contributed by atoms with E-state index in [1.807, 2.05) is 0 Å². The third-order valence-electron chi connectivity index (χ3n) is 3.80. The number of rotatable bonds is 8. The summed E-state index contributed by atoms with van der Waals surface area (Å²) in [6.07, 6.45) is 3.36. The molecule has 0 aliphatic carbocycles. The van der Waals surface area contributed by atoms with Crippen LogP contribution in [0.1, 0.15) is 31.1 Å². The predicted molar refractivity (Wildman–Crippen MR) is 119 cm³/mol. The predicted octanol–water partition coefficient (Wildman–Crippen LogP) is 4.11. The first-order valence-corrected chi connectivity index (χ1v) is 10.2. The maximum atomic E-state index is 5.90. The molecule has 0 aromatic carbocycles. The number of guanidine groups is 1. The third kappa shape index (κ3) is 9.03. The SMILES string of the molecule is CCNC(=NCCCOC1CCOCC1)N(C)Cc1ccc(Br)s1.I. The first kappa shape index (κ1) is 23.1. The minimum atomic E-state index is 0. The van der Waals surface area contributed by atoms with Crippen LogP contribution in [0.4, 0.5) is 0 Å². The van der Waals surface area contributed by atoms with Gasteiger partial charge in [0, 0.05) is 44.8 Å². The van der Waals surface area contributed by atoms with Gasteiger partial charge in [-0.3, -0.25) is 4.99 Å². The Labute approximate surface area is 180 Å². The topological polar surface area (TPSA) is 46.1 Å². The largest absolute Gasteiger partial charge is 0.381 e. The highest BCUT2D eigenvalue weighted by Gasteiger charge is 2.13. The molecule has 5 nitrogen and oxygen atoms in total. The molecule has 1 N–H and O–H groups in total. The number of nitrogens with zero attached hydrogens (tertiary/aromatic N) is 2. The van der Waals surface area contributed by atoms with Crippen molar-refractivity contribution in [3.05, 3.63) is 20.8 Å². The van der Waals surface area contributed by atoms with Crippen molar-refractivity contribution in [1.82, 2.24) is 10.2 Å². The lowest BCUT2D eigenvalue weighted by Crippen LogP contribution is -2.38. The fourth-order valence-corrected chi connectivity index (χ4v) is 4.09. The average Bonchev–Trinajstić information content (AvgIpc) is 2.99. The molecule has 25 heavy (non-hydrogen) atoms. The summed E-state index contributed by atoms with van der Waals surface area (Å²) in [5.41, 5.74) is 0. The van der Waals surface area contributed by atoms with Gasteiger partial charge in [0.1, 0.15) is 0 Å². The highest BCUT2D eigenvalue weighted by molar-refractivity contribution is 14.0. The maximum Gasteiger partial charge on any atom is 0.193 e. The normalized spacial score (nSPS) is 15.7. The molecule has 0 amide bonds. The zero-order chi connectivity index (χ0) is 17.2. The smallest absolute Gasteiger partial charge is 0.193 e. The number of aliphatic imine (C=N–C) groups is 1. The Kier molecular flexibility index (Phi) is 12.3.